The van der Waals surface area contributed by atoms with E-state index in [1.54, 1.807) is 24.3 Å². The van der Waals surface area contributed by atoms with Crippen molar-refractivity contribution >= 4 is 28.4 Å². The van der Waals surface area contributed by atoms with Crippen molar-refractivity contribution in [3.8, 4) is 0 Å². The number of nitrogens with one attached hydrogen (secondary N) is 2. The predicted molar refractivity (Wildman–Crippen MR) is 121 cm³/mol. The highest BCUT2D eigenvalue weighted by atomic mass is 19.4. The Morgan fingerprint density at radius 3 is 2.69 bits per heavy atom. The van der Waals surface area contributed by atoms with Crippen molar-refractivity contribution in [1.82, 2.24) is 24.8 Å². The van der Waals surface area contributed by atoms with Crippen LogP contribution in [0.5, 0.6) is 0 Å². The van der Waals surface area contributed by atoms with Crippen molar-refractivity contribution < 1.29 is 22.8 Å². The van der Waals surface area contributed by atoms with Crippen molar-refractivity contribution in [2.45, 2.75) is 25.1 Å². The van der Waals surface area contributed by atoms with Crippen molar-refractivity contribution in [1.29, 1.82) is 0 Å². The lowest BCUT2D eigenvalue weighted by molar-refractivity contribution is -0.137. The summed E-state index contributed by atoms with van der Waals surface area (Å²) in [4.78, 5) is 42.2. The number of likely N-dealkylation sites (tertiary alicyclic amines) is 1. The van der Waals surface area contributed by atoms with Gasteiger partial charge in [0, 0.05) is 19.5 Å². The molecule has 5 rings (SSSR count). The van der Waals surface area contributed by atoms with Crippen LogP contribution in [0.15, 0.2) is 59.5 Å². The molecule has 4 aromatic rings. The highest BCUT2D eigenvalue weighted by Crippen LogP contribution is 2.31. The maximum absolute atomic E-state index is 13.3. The van der Waals surface area contributed by atoms with E-state index < -0.39 is 29.2 Å². The number of halogens is 3. The van der Waals surface area contributed by atoms with Crippen LogP contribution in [-0.2, 0) is 11.0 Å². The number of H-pyrrole nitrogens is 1. The summed E-state index contributed by atoms with van der Waals surface area (Å²) in [5, 5.41) is 7.36. The third-order valence-electron chi connectivity index (χ3n) is 6.12. The van der Waals surface area contributed by atoms with Crippen LogP contribution in [-0.4, -0.2) is 44.4 Å². The number of alkyl halides is 3. The minimum atomic E-state index is -4.56. The fourth-order valence-corrected chi connectivity index (χ4v) is 4.36. The lowest BCUT2D eigenvalue weighted by atomic mass is 10.0. The summed E-state index contributed by atoms with van der Waals surface area (Å²) >= 11 is 0. The number of nitrogens with zero attached hydrogens (tertiary/aromatic N) is 3. The Balaban J connectivity index is 1.52. The predicted octanol–water partition coefficient (Wildman–Crippen LogP) is 3.29. The maximum atomic E-state index is 13.3. The first-order chi connectivity index (χ1) is 16.7. The van der Waals surface area contributed by atoms with Gasteiger partial charge >= 0.3 is 6.18 Å². The minimum Gasteiger partial charge on any atom is -0.343 e. The van der Waals surface area contributed by atoms with Gasteiger partial charge in [0.2, 0.25) is 5.91 Å². The Hall–Kier alpha value is -4.15. The zero-order valence-electron chi connectivity index (χ0n) is 18.3. The Labute approximate surface area is 196 Å². The number of amides is 2. The van der Waals surface area contributed by atoms with Crippen LogP contribution in [0, 0.1) is 0 Å². The van der Waals surface area contributed by atoms with Gasteiger partial charge in [-0.25, -0.2) is 4.52 Å². The molecule has 0 saturated carbocycles. The zero-order valence-corrected chi connectivity index (χ0v) is 18.3. The van der Waals surface area contributed by atoms with E-state index in [-0.39, 0.29) is 29.2 Å². The number of aromatic nitrogens is 3. The number of benzene rings is 2. The Morgan fingerprint density at radius 2 is 1.94 bits per heavy atom. The summed E-state index contributed by atoms with van der Waals surface area (Å²) in [6.45, 7) is 0.477. The van der Waals surface area contributed by atoms with Gasteiger partial charge in [-0.05, 0) is 36.2 Å². The molecule has 2 N–H and O–H groups in total. The van der Waals surface area contributed by atoms with Crippen LogP contribution in [0.3, 0.4) is 0 Å². The lowest BCUT2D eigenvalue weighted by Gasteiger charge is -2.25. The Morgan fingerprint density at radius 1 is 1.14 bits per heavy atom. The molecule has 8 nitrogen and oxygen atoms in total. The van der Waals surface area contributed by atoms with Crippen molar-refractivity contribution in [2.75, 3.05) is 13.1 Å². The molecule has 1 saturated heterocycles. The molecule has 2 aromatic carbocycles. The first kappa shape index (κ1) is 22.6. The zero-order chi connectivity index (χ0) is 24.7. The van der Waals surface area contributed by atoms with Crippen LogP contribution < -0.4 is 10.9 Å². The van der Waals surface area contributed by atoms with E-state index in [1.807, 2.05) is 0 Å². The Kier molecular flexibility index (Phi) is 5.54. The molecular weight excluding hydrogens is 463 g/mol. The second-order valence-corrected chi connectivity index (χ2v) is 8.38. The topological polar surface area (TPSA) is 99.6 Å². The third kappa shape index (κ3) is 4.25. The molecule has 0 aliphatic carbocycles. The molecule has 3 heterocycles. The molecule has 2 amide bonds. The average Bonchev–Trinajstić information content (AvgIpc) is 3.44. The fourth-order valence-electron chi connectivity index (χ4n) is 4.36. The second kappa shape index (κ2) is 8.57. The van der Waals surface area contributed by atoms with E-state index in [9.17, 15) is 27.6 Å². The van der Waals surface area contributed by atoms with Crippen LogP contribution in [0.2, 0.25) is 0 Å². The number of aromatic amines is 1. The van der Waals surface area contributed by atoms with Crippen LogP contribution in [0.4, 0.5) is 13.2 Å². The summed E-state index contributed by atoms with van der Waals surface area (Å²) in [7, 11) is 0. The largest absolute Gasteiger partial charge is 0.416 e. The van der Waals surface area contributed by atoms with Gasteiger partial charge in [-0.2, -0.15) is 18.3 Å². The van der Waals surface area contributed by atoms with Crippen molar-refractivity contribution in [3.63, 3.8) is 0 Å². The molecule has 2 aromatic heterocycles. The quantitative estimate of drug-likeness (QED) is 0.455. The van der Waals surface area contributed by atoms with Gasteiger partial charge in [0.1, 0.15) is 11.2 Å². The fraction of sp³-hybridized carbons (Fsp3) is 0.250. The molecule has 1 fully saturated rings. The maximum Gasteiger partial charge on any atom is 0.416 e. The number of hydrogen-bond donors (Lipinski definition) is 2. The molecule has 0 spiro atoms. The molecule has 35 heavy (non-hydrogen) atoms. The SMILES string of the molecule is O=C(NC(CN1CCCC1=O)c1cccc(C(F)(F)F)c1)c1cnn2c1[nH]c(=O)c1ccccc12. The lowest BCUT2D eigenvalue weighted by Crippen LogP contribution is -2.38. The van der Waals surface area contributed by atoms with E-state index in [1.165, 1.54) is 27.7 Å². The molecule has 1 aliphatic rings. The third-order valence-corrected chi connectivity index (χ3v) is 6.12. The van der Waals surface area contributed by atoms with E-state index in [2.05, 4.69) is 15.4 Å². The summed E-state index contributed by atoms with van der Waals surface area (Å²) in [5.41, 5.74) is -0.331. The molecule has 180 valence electrons. The number of carbonyl (C=O) groups is 2. The average molecular weight is 483 g/mol. The second-order valence-electron chi connectivity index (χ2n) is 8.38. The number of fused-ring (bicyclic) bond motifs is 3. The van der Waals surface area contributed by atoms with Gasteiger partial charge in [-0.3, -0.25) is 14.4 Å². The van der Waals surface area contributed by atoms with Crippen LogP contribution in [0.1, 0.15) is 40.4 Å². The standard InChI is InChI=1S/C24H20F3N5O3/c25-24(26,27)15-6-3-5-14(11-15)18(13-31-10-4-9-20(31)33)29-23(35)17-12-28-32-19-8-2-1-7-16(19)22(34)30-21(17)32/h1-3,5-8,11-12,18H,4,9-10,13H2,(H,29,35)(H,30,34). The molecule has 1 atom stereocenters. The molecule has 1 unspecified atom stereocenters. The van der Waals surface area contributed by atoms with Gasteiger partial charge in [-0.15, -0.1) is 0 Å². The number of carbonyl (C=O) groups excluding carboxylic acids is 2. The summed E-state index contributed by atoms with van der Waals surface area (Å²) in [5.74, 6) is -0.761. The number of hydrogen-bond acceptors (Lipinski definition) is 4. The Bertz CT molecular complexity index is 1510. The van der Waals surface area contributed by atoms with Gasteiger partial charge in [-0.1, -0.05) is 24.3 Å². The molecule has 1 aliphatic heterocycles. The summed E-state index contributed by atoms with van der Waals surface area (Å²) in [6.07, 6.45) is -2.27. The van der Waals surface area contributed by atoms with E-state index in [4.69, 9.17) is 0 Å². The molecule has 0 radical (unpaired) electrons. The van der Waals surface area contributed by atoms with E-state index >= 15 is 0 Å². The molecular formula is C24H20F3N5O3. The summed E-state index contributed by atoms with van der Waals surface area (Å²) < 4.78 is 41.4. The first-order valence-electron chi connectivity index (χ1n) is 11.0. The van der Waals surface area contributed by atoms with Crippen molar-refractivity contribution in [3.05, 3.63) is 81.8 Å². The number of para-hydroxylation sites is 1. The molecule has 11 heteroatoms. The monoisotopic (exact) mass is 483 g/mol. The molecule has 0 bridgehead atoms. The highest BCUT2D eigenvalue weighted by Gasteiger charge is 2.32. The van der Waals surface area contributed by atoms with Gasteiger partial charge in [0.25, 0.3) is 11.5 Å². The highest BCUT2D eigenvalue weighted by molar-refractivity contribution is 6.00. The number of rotatable bonds is 5. The van der Waals surface area contributed by atoms with Gasteiger partial charge in [0.15, 0.2) is 0 Å². The normalized spacial score (nSPS) is 15.2. The van der Waals surface area contributed by atoms with Crippen LogP contribution >= 0.6 is 0 Å². The van der Waals surface area contributed by atoms with Gasteiger partial charge in [0.05, 0.1) is 28.7 Å². The van der Waals surface area contributed by atoms with Crippen molar-refractivity contribution in [2.24, 2.45) is 0 Å². The van der Waals surface area contributed by atoms with E-state index in [0.29, 0.717) is 30.3 Å². The minimum absolute atomic E-state index is 0.0184. The summed E-state index contributed by atoms with van der Waals surface area (Å²) in [6, 6.07) is 10.5. The van der Waals surface area contributed by atoms with E-state index in [0.717, 1.165) is 12.1 Å². The van der Waals surface area contributed by atoms with Gasteiger partial charge < -0.3 is 15.2 Å². The van der Waals surface area contributed by atoms with Crippen LogP contribution in [0.25, 0.3) is 16.6 Å². The smallest absolute Gasteiger partial charge is 0.343 e. The first-order valence-corrected chi connectivity index (χ1v) is 11.0.